The summed E-state index contributed by atoms with van der Waals surface area (Å²) in [6.07, 6.45) is 11.3. The molecule has 0 fully saturated rings. The van der Waals surface area contributed by atoms with Gasteiger partial charge in [-0.1, -0.05) is 73.7 Å². The predicted octanol–water partition coefficient (Wildman–Crippen LogP) is 7.68. The number of unbranched alkanes of at least 4 members (excludes halogenated alkanes) is 4. The van der Waals surface area contributed by atoms with E-state index in [-0.39, 0.29) is 4.90 Å². The van der Waals surface area contributed by atoms with Gasteiger partial charge >= 0.3 is 0 Å². The van der Waals surface area contributed by atoms with E-state index in [0.29, 0.717) is 6.04 Å². The van der Waals surface area contributed by atoms with Gasteiger partial charge in [-0.3, -0.25) is 0 Å². The molecule has 0 heterocycles. The van der Waals surface area contributed by atoms with Crippen LogP contribution in [0.4, 0.5) is 0 Å². The third-order valence-corrected chi connectivity index (χ3v) is 7.55. The number of benzene rings is 2. The highest BCUT2D eigenvalue weighted by atomic mass is 35.5. The van der Waals surface area contributed by atoms with E-state index in [1.807, 2.05) is 19.1 Å². The maximum absolute atomic E-state index is 10.4. The summed E-state index contributed by atoms with van der Waals surface area (Å²) in [4.78, 5) is -0.178. The van der Waals surface area contributed by atoms with Crippen molar-refractivity contribution in [3.63, 3.8) is 0 Å². The summed E-state index contributed by atoms with van der Waals surface area (Å²) in [6, 6.07) is 14.7. The van der Waals surface area contributed by atoms with E-state index in [2.05, 4.69) is 52.0 Å². The van der Waals surface area contributed by atoms with Gasteiger partial charge in [0.1, 0.15) is 16.2 Å². The fourth-order valence-corrected chi connectivity index (χ4v) is 4.86. The average molecular weight is 508 g/mol. The molecule has 0 aliphatic carbocycles. The van der Waals surface area contributed by atoms with Gasteiger partial charge in [-0.15, -0.1) is 0 Å². The summed E-state index contributed by atoms with van der Waals surface area (Å²) in [6.45, 7) is 14.5. The first-order valence-electron chi connectivity index (χ1n) is 12.4. The first-order chi connectivity index (χ1) is 16.1. The number of halogens is 1. The third-order valence-electron chi connectivity index (χ3n) is 6.45. The molecule has 0 amide bonds. The van der Waals surface area contributed by atoms with Crippen LogP contribution in [0.5, 0.6) is 0 Å². The van der Waals surface area contributed by atoms with E-state index in [1.54, 1.807) is 12.1 Å². The molecule has 2 aromatic rings. The molecular formula is C28H42ClNO3S. The van der Waals surface area contributed by atoms with Gasteiger partial charge in [0.2, 0.25) is 0 Å². The smallest absolute Gasteiger partial charge is 0.133 e. The Balaban J connectivity index is 0.000000437. The fraction of sp³-hybridized carbons (Fsp3) is 0.500. The molecule has 1 atom stereocenters. The molecule has 1 unspecified atom stereocenters. The lowest BCUT2D eigenvalue weighted by atomic mass is 10.00. The van der Waals surface area contributed by atoms with E-state index >= 15 is 0 Å². The lowest BCUT2D eigenvalue weighted by molar-refractivity contribution is -0.948. The third kappa shape index (κ3) is 9.91. The van der Waals surface area contributed by atoms with Crippen LogP contribution in [-0.4, -0.2) is 37.1 Å². The van der Waals surface area contributed by atoms with Crippen LogP contribution in [0.2, 0.25) is 5.02 Å². The molecule has 2 aromatic carbocycles. The standard InChI is InChI=1S/C21H35ClN.C7H8O3S/c1-5-9-10-11-12-18-23(7-3,8-4)21(13-6-2)19-14-16-20(22)17-15-19;1-6-2-4-7(5-3-6)11(8,9)10/h6,13-17,21H,5,7-12,18H2,1-4H3;2-5H,1H3,(H,8,9,10)/q+1;/p-1/b13-6-;. The van der Waals surface area contributed by atoms with Crippen molar-refractivity contribution < 1.29 is 17.5 Å². The van der Waals surface area contributed by atoms with Gasteiger partial charge < -0.3 is 9.04 Å². The van der Waals surface area contributed by atoms with E-state index in [4.69, 9.17) is 11.6 Å². The summed E-state index contributed by atoms with van der Waals surface area (Å²) in [5, 5.41) is 0.818. The Hall–Kier alpha value is -1.66. The van der Waals surface area contributed by atoms with Crippen LogP contribution in [-0.2, 0) is 10.1 Å². The number of hydrogen-bond acceptors (Lipinski definition) is 3. The molecule has 2 rings (SSSR count). The van der Waals surface area contributed by atoms with Crippen LogP contribution in [0, 0.1) is 6.92 Å². The van der Waals surface area contributed by atoms with Crippen molar-refractivity contribution >= 4 is 21.7 Å². The SMILES string of the molecule is C/C=C\C(c1ccc(Cl)cc1)[N+](CC)(CC)CCCCCCC.Cc1ccc(S(=O)(=O)[O-])cc1. The molecule has 190 valence electrons. The van der Waals surface area contributed by atoms with Crippen molar-refractivity contribution in [1.29, 1.82) is 0 Å². The summed E-state index contributed by atoms with van der Waals surface area (Å²) in [5.41, 5.74) is 2.31. The minimum absolute atomic E-state index is 0.178. The molecule has 0 radical (unpaired) electrons. The Morgan fingerprint density at radius 3 is 1.94 bits per heavy atom. The maximum Gasteiger partial charge on any atom is 0.133 e. The van der Waals surface area contributed by atoms with E-state index in [0.717, 1.165) is 15.1 Å². The van der Waals surface area contributed by atoms with Gasteiger partial charge in [0, 0.05) is 10.6 Å². The average Bonchev–Trinajstić information content (AvgIpc) is 2.81. The molecule has 0 spiro atoms. The number of hydrogen-bond donors (Lipinski definition) is 0. The molecule has 0 saturated carbocycles. The minimum atomic E-state index is -4.27. The van der Waals surface area contributed by atoms with Crippen LogP contribution in [0.25, 0.3) is 0 Å². The minimum Gasteiger partial charge on any atom is -0.744 e. The molecular weight excluding hydrogens is 466 g/mol. The molecule has 6 heteroatoms. The molecule has 0 saturated heterocycles. The normalized spacial score (nSPS) is 12.9. The molecule has 34 heavy (non-hydrogen) atoms. The molecule has 0 aromatic heterocycles. The highest BCUT2D eigenvalue weighted by Gasteiger charge is 2.32. The molecule has 0 N–H and O–H groups in total. The Morgan fingerprint density at radius 1 is 0.912 bits per heavy atom. The monoisotopic (exact) mass is 507 g/mol. The van der Waals surface area contributed by atoms with Crippen LogP contribution in [0.15, 0.2) is 65.6 Å². The van der Waals surface area contributed by atoms with Crippen LogP contribution in [0.1, 0.15) is 77.0 Å². The summed E-state index contributed by atoms with van der Waals surface area (Å²) >= 11 is 6.08. The zero-order chi connectivity index (χ0) is 25.6. The second-order valence-corrected chi connectivity index (χ2v) is 10.6. The Kier molecular flexibility index (Phi) is 13.7. The van der Waals surface area contributed by atoms with Crippen molar-refractivity contribution in [3.8, 4) is 0 Å². The zero-order valence-corrected chi connectivity index (χ0v) is 23.0. The van der Waals surface area contributed by atoms with E-state index in [9.17, 15) is 13.0 Å². The quantitative estimate of drug-likeness (QED) is 0.128. The number of allylic oxidation sites excluding steroid dienone is 1. The van der Waals surface area contributed by atoms with Crippen molar-refractivity contribution in [2.75, 3.05) is 19.6 Å². The summed E-state index contributed by atoms with van der Waals surface area (Å²) < 4.78 is 32.3. The Bertz CT molecular complexity index is 950. The summed E-state index contributed by atoms with van der Waals surface area (Å²) in [5.74, 6) is 0. The van der Waals surface area contributed by atoms with Gasteiger partial charge in [-0.25, -0.2) is 8.42 Å². The van der Waals surface area contributed by atoms with Crippen molar-refractivity contribution in [2.45, 2.75) is 77.7 Å². The first kappa shape index (κ1) is 30.4. The van der Waals surface area contributed by atoms with Gasteiger partial charge in [-0.05, 0) is 70.9 Å². The van der Waals surface area contributed by atoms with Gasteiger partial charge in [0.25, 0.3) is 0 Å². The topological polar surface area (TPSA) is 57.2 Å². The van der Waals surface area contributed by atoms with Crippen molar-refractivity contribution in [3.05, 3.63) is 76.8 Å². The van der Waals surface area contributed by atoms with Gasteiger partial charge in [0.05, 0.1) is 24.5 Å². The van der Waals surface area contributed by atoms with Gasteiger partial charge in [0.15, 0.2) is 0 Å². The van der Waals surface area contributed by atoms with E-state index < -0.39 is 10.1 Å². The fourth-order valence-electron chi connectivity index (χ4n) is 4.26. The molecule has 0 aliphatic heterocycles. The van der Waals surface area contributed by atoms with Crippen LogP contribution < -0.4 is 0 Å². The lowest BCUT2D eigenvalue weighted by Gasteiger charge is -2.43. The number of aryl methyl sites for hydroxylation is 1. The van der Waals surface area contributed by atoms with Crippen molar-refractivity contribution in [2.24, 2.45) is 0 Å². The Labute approximate surface area is 213 Å². The second kappa shape index (κ2) is 15.4. The number of rotatable bonds is 12. The largest absolute Gasteiger partial charge is 0.744 e. The van der Waals surface area contributed by atoms with E-state index in [1.165, 1.54) is 69.4 Å². The molecule has 4 nitrogen and oxygen atoms in total. The predicted molar refractivity (Wildman–Crippen MR) is 143 cm³/mol. The summed E-state index contributed by atoms with van der Waals surface area (Å²) in [7, 11) is -4.27. The van der Waals surface area contributed by atoms with Gasteiger partial charge in [-0.2, -0.15) is 0 Å². The number of likely N-dealkylation sites (N-methyl/N-ethyl adjacent to an activating group) is 1. The Morgan fingerprint density at radius 2 is 1.47 bits per heavy atom. The number of nitrogens with zero attached hydrogens (tertiary/aromatic N) is 1. The van der Waals surface area contributed by atoms with Crippen molar-refractivity contribution in [1.82, 2.24) is 0 Å². The first-order valence-corrected chi connectivity index (χ1v) is 14.2. The molecule has 0 aliphatic rings. The lowest BCUT2D eigenvalue weighted by Crippen LogP contribution is -2.50. The van der Waals surface area contributed by atoms with Crippen LogP contribution in [0.3, 0.4) is 0 Å². The maximum atomic E-state index is 10.4. The molecule has 0 bridgehead atoms. The number of quaternary nitrogens is 1. The highest BCUT2D eigenvalue weighted by molar-refractivity contribution is 7.85. The highest BCUT2D eigenvalue weighted by Crippen LogP contribution is 2.32. The zero-order valence-electron chi connectivity index (χ0n) is 21.5. The van der Waals surface area contributed by atoms with Crippen LogP contribution >= 0.6 is 11.6 Å². The second-order valence-electron chi connectivity index (χ2n) is 8.78.